The second kappa shape index (κ2) is 5.09. The number of hydrogen-bond donors (Lipinski definition) is 1. The van der Waals surface area contributed by atoms with E-state index < -0.39 is 12.2 Å². The summed E-state index contributed by atoms with van der Waals surface area (Å²) in [4.78, 5) is 14.0. The Kier molecular flexibility index (Phi) is 3.29. The second-order valence-electron chi connectivity index (χ2n) is 4.94. The van der Waals surface area contributed by atoms with Gasteiger partial charge in [0.05, 0.1) is 6.10 Å². The molecule has 0 spiro atoms. The van der Waals surface area contributed by atoms with Crippen LogP contribution in [0.4, 0.5) is 0 Å². The van der Waals surface area contributed by atoms with Crippen LogP contribution in [0.5, 0.6) is 11.5 Å². The molecule has 0 aromatic heterocycles. The molecule has 5 heteroatoms. The molecular weight excluding hydrogens is 246 g/mol. The highest BCUT2D eigenvalue weighted by atomic mass is 16.6. The fraction of sp³-hybridized carbons (Fsp3) is 0.500. The maximum Gasteiger partial charge on any atom is 0.267 e. The van der Waals surface area contributed by atoms with Gasteiger partial charge in [-0.15, -0.1) is 0 Å². The predicted molar refractivity (Wildman–Crippen MR) is 68.2 cm³/mol. The molecule has 2 heterocycles. The van der Waals surface area contributed by atoms with Crippen molar-refractivity contribution in [2.75, 3.05) is 19.7 Å². The largest absolute Gasteiger partial charge is 0.485 e. The van der Waals surface area contributed by atoms with E-state index in [1.54, 1.807) is 11.0 Å². The van der Waals surface area contributed by atoms with Gasteiger partial charge in [-0.05, 0) is 25.0 Å². The average molecular weight is 263 g/mol. The van der Waals surface area contributed by atoms with E-state index >= 15 is 0 Å². The summed E-state index contributed by atoms with van der Waals surface area (Å²) in [6.07, 6.45) is 0.556. The number of hydrogen-bond acceptors (Lipinski definition) is 4. The number of benzene rings is 1. The van der Waals surface area contributed by atoms with Crippen LogP contribution in [0.2, 0.25) is 0 Å². The molecule has 2 atom stereocenters. The molecule has 0 unspecified atom stereocenters. The predicted octanol–water partition coefficient (Wildman–Crippen LogP) is 0.810. The summed E-state index contributed by atoms with van der Waals surface area (Å²) in [5.41, 5.74) is 0. The molecule has 2 aliphatic rings. The molecule has 5 nitrogen and oxygen atoms in total. The minimum atomic E-state index is -0.611. The van der Waals surface area contributed by atoms with E-state index in [9.17, 15) is 9.90 Å². The van der Waals surface area contributed by atoms with Crippen molar-refractivity contribution in [2.45, 2.75) is 25.0 Å². The van der Waals surface area contributed by atoms with Crippen molar-refractivity contribution in [3.63, 3.8) is 0 Å². The van der Waals surface area contributed by atoms with E-state index in [-0.39, 0.29) is 12.5 Å². The quantitative estimate of drug-likeness (QED) is 0.814. The summed E-state index contributed by atoms with van der Waals surface area (Å²) in [5, 5.41) is 9.62. The average Bonchev–Trinajstić information content (AvgIpc) is 2.46. The van der Waals surface area contributed by atoms with Crippen molar-refractivity contribution >= 4 is 5.91 Å². The van der Waals surface area contributed by atoms with Gasteiger partial charge in [0.2, 0.25) is 6.10 Å². The molecule has 0 bridgehead atoms. The number of likely N-dealkylation sites (tertiary alicyclic amines) is 1. The van der Waals surface area contributed by atoms with Crippen molar-refractivity contribution < 1.29 is 19.4 Å². The Morgan fingerprint density at radius 2 is 2.11 bits per heavy atom. The van der Waals surface area contributed by atoms with Crippen molar-refractivity contribution in [2.24, 2.45) is 0 Å². The molecule has 102 valence electrons. The summed E-state index contributed by atoms with van der Waals surface area (Å²) in [7, 11) is 0. The van der Waals surface area contributed by atoms with Crippen LogP contribution >= 0.6 is 0 Å². The van der Waals surface area contributed by atoms with Gasteiger partial charge in [0, 0.05) is 13.1 Å². The summed E-state index contributed by atoms with van der Waals surface area (Å²) < 4.78 is 11.2. The molecule has 0 radical (unpaired) electrons. The third-order valence-electron chi connectivity index (χ3n) is 3.49. The van der Waals surface area contributed by atoms with Crippen LogP contribution in [-0.4, -0.2) is 47.8 Å². The van der Waals surface area contributed by atoms with E-state index in [0.717, 1.165) is 12.8 Å². The highest BCUT2D eigenvalue weighted by Gasteiger charge is 2.33. The van der Waals surface area contributed by atoms with Crippen LogP contribution in [0.25, 0.3) is 0 Å². The van der Waals surface area contributed by atoms with Gasteiger partial charge in [0.1, 0.15) is 6.61 Å². The maximum atomic E-state index is 12.3. The maximum absolute atomic E-state index is 12.3. The fourth-order valence-corrected chi connectivity index (χ4v) is 2.50. The molecular formula is C14H17NO4. The lowest BCUT2D eigenvalue weighted by molar-refractivity contribution is -0.144. The monoisotopic (exact) mass is 263 g/mol. The topological polar surface area (TPSA) is 59.0 Å². The molecule has 3 rings (SSSR count). The fourth-order valence-electron chi connectivity index (χ4n) is 2.50. The Morgan fingerprint density at radius 1 is 1.32 bits per heavy atom. The van der Waals surface area contributed by atoms with Crippen LogP contribution in [0.3, 0.4) is 0 Å². The smallest absolute Gasteiger partial charge is 0.267 e. The standard InChI is InChI=1S/C14H17NO4/c16-10-4-3-7-15(8-10)14(17)13-9-18-11-5-1-2-6-12(11)19-13/h1-2,5-6,10,13,16H,3-4,7-9H2/t10-,13-/m0/s1. The Bertz CT molecular complexity index is 476. The number of aliphatic hydroxyl groups excluding tert-OH is 1. The third kappa shape index (κ3) is 2.51. The van der Waals surface area contributed by atoms with Crippen LogP contribution in [0.1, 0.15) is 12.8 Å². The molecule has 1 saturated heterocycles. The highest BCUT2D eigenvalue weighted by Crippen LogP contribution is 2.31. The van der Waals surface area contributed by atoms with Crippen LogP contribution in [0.15, 0.2) is 24.3 Å². The normalized spacial score (nSPS) is 26.1. The van der Waals surface area contributed by atoms with Gasteiger partial charge in [-0.25, -0.2) is 0 Å². The number of carbonyl (C=O) groups is 1. The van der Waals surface area contributed by atoms with E-state index in [0.29, 0.717) is 24.6 Å². The number of carbonyl (C=O) groups excluding carboxylic acids is 1. The van der Waals surface area contributed by atoms with Gasteiger partial charge in [-0.2, -0.15) is 0 Å². The number of β-amino-alcohol motifs (C(OH)–C–C–N with tert-alkyl or cyclic N) is 1. The molecule has 19 heavy (non-hydrogen) atoms. The third-order valence-corrected chi connectivity index (χ3v) is 3.49. The van der Waals surface area contributed by atoms with E-state index in [1.807, 2.05) is 18.2 Å². The first-order valence-electron chi connectivity index (χ1n) is 6.59. The molecule has 1 N–H and O–H groups in total. The summed E-state index contributed by atoms with van der Waals surface area (Å²) in [6.45, 7) is 1.29. The summed E-state index contributed by atoms with van der Waals surface area (Å²) >= 11 is 0. The van der Waals surface area contributed by atoms with Crippen LogP contribution < -0.4 is 9.47 Å². The number of nitrogens with zero attached hydrogens (tertiary/aromatic N) is 1. The summed E-state index contributed by atoms with van der Waals surface area (Å²) in [5.74, 6) is 1.17. The number of fused-ring (bicyclic) bond motifs is 1. The molecule has 1 amide bonds. The van der Waals surface area contributed by atoms with E-state index in [2.05, 4.69) is 0 Å². The van der Waals surface area contributed by atoms with Crippen molar-refractivity contribution in [3.05, 3.63) is 24.3 Å². The van der Waals surface area contributed by atoms with Gasteiger partial charge in [0.15, 0.2) is 11.5 Å². The minimum Gasteiger partial charge on any atom is -0.485 e. The SMILES string of the molecule is O=C([C@@H]1COc2ccccc2O1)N1CCC[C@H](O)C1. The second-order valence-corrected chi connectivity index (χ2v) is 4.94. The molecule has 1 fully saturated rings. The Balaban J connectivity index is 1.69. The molecule has 0 saturated carbocycles. The van der Waals surface area contributed by atoms with Crippen molar-refractivity contribution in [1.82, 2.24) is 4.90 Å². The number of para-hydroxylation sites is 2. The van der Waals surface area contributed by atoms with Crippen molar-refractivity contribution in [1.29, 1.82) is 0 Å². The minimum absolute atomic E-state index is 0.103. The lowest BCUT2D eigenvalue weighted by Crippen LogP contribution is -2.50. The molecule has 1 aromatic carbocycles. The zero-order valence-electron chi connectivity index (χ0n) is 10.6. The zero-order chi connectivity index (χ0) is 13.2. The first-order chi connectivity index (χ1) is 9.24. The number of aliphatic hydroxyl groups is 1. The van der Waals surface area contributed by atoms with E-state index in [4.69, 9.17) is 9.47 Å². The molecule has 0 aliphatic carbocycles. The van der Waals surface area contributed by atoms with Gasteiger partial charge < -0.3 is 19.5 Å². The first kappa shape index (κ1) is 12.3. The van der Waals surface area contributed by atoms with E-state index in [1.165, 1.54) is 0 Å². The Labute approximate surface area is 111 Å². The van der Waals surface area contributed by atoms with Gasteiger partial charge >= 0.3 is 0 Å². The van der Waals surface area contributed by atoms with Gasteiger partial charge in [-0.1, -0.05) is 12.1 Å². The van der Waals surface area contributed by atoms with Crippen molar-refractivity contribution in [3.8, 4) is 11.5 Å². The lowest BCUT2D eigenvalue weighted by atomic mass is 10.1. The molecule has 2 aliphatic heterocycles. The summed E-state index contributed by atoms with van der Waals surface area (Å²) in [6, 6.07) is 7.32. The number of ether oxygens (including phenoxy) is 2. The Hall–Kier alpha value is -1.75. The van der Waals surface area contributed by atoms with Crippen LogP contribution in [-0.2, 0) is 4.79 Å². The van der Waals surface area contributed by atoms with Crippen LogP contribution in [0, 0.1) is 0 Å². The first-order valence-corrected chi connectivity index (χ1v) is 6.59. The number of amides is 1. The van der Waals surface area contributed by atoms with Gasteiger partial charge in [0.25, 0.3) is 5.91 Å². The number of piperidine rings is 1. The Morgan fingerprint density at radius 3 is 2.89 bits per heavy atom. The molecule has 1 aromatic rings. The number of rotatable bonds is 1. The lowest BCUT2D eigenvalue weighted by Gasteiger charge is -2.34. The highest BCUT2D eigenvalue weighted by molar-refractivity contribution is 5.82. The van der Waals surface area contributed by atoms with Gasteiger partial charge in [-0.3, -0.25) is 4.79 Å². The zero-order valence-corrected chi connectivity index (χ0v) is 10.6.